The summed E-state index contributed by atoms with van der Waals surface area (Å²) in [6.45, 7) is 6.19. The maximum Gasteiger partial charge on any atom is 0.235 e. The lowest BCUT2D eigenvalue weighted by atomic mass is 10.3. The molecule has 1 aromatic rings. The second kappa shape index (κ2) is 6.09. The van der Waals surface area contributed by atoms with E-state index >= 15 is 0 Å². The third-order valence-electron chi connectivity index (χ3n) is 2.62. The zero-order valence-electron chi connectivity index (χ0n) is 10.6. The van der Waals surface area contributed by atoms with Crippen LogP contribution < -0.4 is 4.52 Å². The summed E-state index contributed by atoms with van der Waals surface area (Å²) in [4.78, 5) is 2.23. The summed E-state index contributed by atoms with van der Waals surface area (Å²) in [5.74, 6) is 0.825. The Labute approximate surface area is 118 Å². The van der Waals surface area contributed by atoms with Crippen LogP contribution >= 0.6 is 18.2 Å². The maximum absolute atomic E-state index is 5.92. The van der Waals surface area contributed by atoms with Gasteiger partial charge in [-0.3, -0.25) is 0 Å². The van der Waals surface area contributed by atoms with Crippen LogP contribution in [0.25, 0.3) is 0 Å². The number of para-hydroxylation sites is 1. The van der Waals surface area contributed by atoms with Crippen LogP contribution in [-0.2, 0) is 11.8 Å². The predicted molar refractivity (Wildman–Crippen MR) is 84.2 cm³/mol. The molecule has 0 aliphatic carbocycles. The third kappa shape index (κ3) is 3.28. The van der Waals surface area contributed by atoms with Gasteiger partial charge in [0.2, 0.25) is 6.42 Å². The van der Waals surface area contributed by atoms with Crippen molar-refractivity contribution in [3.05, 3.63) is 30.3 Å². The van der Waals surface area contributed by atoms with Crippen LogP contribution in [0.4, 0.5) is 0 Å². The van der Waals surface area contributed by atoms with Crippen molar-refractivity contribution in [2.24, 2.45) is 4.76 Å². The molecular formula is C12H17N2OPS2. The molecule has 0 amide bonds. The molecule has 98 valence electrons. The summed E-state index contributed by atoms with van der Waals surface area (Å²) >= 11 is 7.32. The fraction of sp³-hybridized carbons (Fsp3) is 0.417. The molecule has 0 bridgehead atoms. The minimum atomic E-state index is -2.09. The Morgan fingerprint density at radius 2 is 2.00 bits per heavy atom. The molecule has 1 atom stereocenters. The van der Waals surface area contributed by atoms with Gasteiger partial charge in [-0.15, -0.1) is 0 Å². The van der Waals surface area contributed by atoms with E-state index in [1.165, 1.54) is 0 Å². The van der Waals surface area contributed by atoms with Crippen molar-refractivity contribution in [2.75, 3.05) is 18.6 Å². The van der Waals surface area contributed by atoms with E-state index in [0.717, 1.165) is 29.5 Å². The number of thioether (sulfide) groups is 1. The van der Waals surface area contributed by atoms with Gasteiger partial charge in [-0.05, 0) is 37.8 Å². The van der Waals surface area contributed by atoms with Gasteiger partial charge in [0.1, 0.15) is 5.75 Å². The molecule has 0 spiro atoms. The SMILES string of the molecule is CCN(CC)C1=NP(=S)(Oc2ccccc2)CS1. The van der Waals surface area contributed by atoms with E-state index in [-0.39, 0.29) is 0 Å². The van der Waals surface area contributed by atoms with Crippen LogP contribution in [0.3, 0.4) is 0 Å². The lowest BCUT2D eigenvalue weighted by molar-refractivity contribution is 0.475. The lowest BCUT2D eigenvalue weighted by Crippen LogP contribution is -2.26. The van der Waals surface area contributed by atoms with Crippen LogP contribution in [0.5, 0.6) is 5.75 Å². The van der Waals surface area contributed by atoms with E-state index < -0.39 is 6.42 Å². The highest BCUT2D eigenvalue weighted by Gasteiger charge is 2.29. The van der Waals surface area contributed by atoms with Crippen molar-refractivity contribution in [1.29, 1.82) is 0 Å². The first-order valence-corrected chi connectivity index (χ1v) is 9.83. The summed E-state index contributed by atoms with van der Waals surface area (Å²) < 4.78 is 10.6. The Kier molecular flexibility index (Phi) is 4.71. The molecule has 0 radical (unpaired) electrons. The minimum Gasteiger partial charge on any atom is -0.446 e. The van der Waals surface area contributed by atoms with Crippen molar-refractivity contribution >= 4 is 35.2 Å². The summed E-state index contributed by atoms with van der Waals surface area (Å²) in [6, 6.07) is 9.74. The van der Waals surface area contributed by atoms with Crippen molar-refractivity contribution in [1.82, 2.24) is 4.90 Å². The Bertz CT molecular complexity index is 474. The minimum absolute atomic E-state index is 0.795. The van der Waals surface area contributed by atoms with Crippen molar-refractivity contribution in [3.63, 3.8) is 0 Å². The van der Waals surface area contributed by atoms with E-state index in [1.54, 1.807) is 11.8 Å². The first kappa shape index (κ1) is 13.9. The van der Waals surface area contributed by atoms with Crippen LogP contribution in [0.15, 0.2) is 35.1 Å². The summed E-state index contributed by atoms with van der Waals surface area (Å²) in [6.07, 6.45) is -2.09. The normalized spacial score (nSPS) is 22.7. The van der Waals surface area contributed by atoms with Crippen LogP contribution in [0.1, 0.15) is 13.8 Å². The Morgan fingerprint density at radius 1 is 1.33 bits per heavy atom. The number of benzene rings is 1. The smallest absolute Gasteiger partial charge is 0.235 e. The Morgan fingerprint density at radius 3 is 2.61 bits per heavy atom. The molecule has 1 unspecified atom stereocenters. The average Bonchev–Trinajstić information content (AvgIpc) is 2.74. The van der Waals surface area contributed by atoms with Crippen LogP contribution in [0.2, 0.25) is 0 Å². The highest BCUT2D eigenvalue weighted by Crippen LogP contribution is 2.57. The topological polar surface area (TPSA) is 24.8 Å². The number of nitrogens with zero attached hydrogens (tertiary/aromatic N) is 2. The molecule has 1 aliphatic heterocycles. The molecule has 1 heterocycles. The Balaban J connectivity index is 2.12. The van der Waals surface area contributed by atoms with E-state index in [9.17, 15) is 0 Å². The number of hydrogen-bond acceptors (Lipinski definition) is 4. The zero-order valence-corrected chi connectivity index (χ0v) is 13.1. The van der Waals surface area contributed by atoms with Crippen molar-refractivity contribution < 1.29 is 4.52 Å². The molecule has 1 aromatic carbocycles. The third-order valence-corrected chi connectivity index (χ3v) is 7.59. The van der Waals surface area contributed by atoms with Crippen molar-refractivity contribution in [2.45, 2.75) is 13.8 Å². The molecular weight excluding hydrogens is 283 g/mol. The zero-order chi connectivity index (χ0) is 13.0. The van der Waals surface area contributed by atoms with Gasteiger partial charge in [-0.1, -0.05) is 30.0 Å². The van der Waals surface area contributed by atoms with Crippen molar-refractivity contribution in [3.8, 4) is 5.75 Å². The standard InChI is InChI=1S/C12H17N2OPS2/c1-3-14(4-2)12-13-16(17,10-18-12)15-11-8-6-5-7-9-11/h5-9H,3-4,10H2,1-2H3. The van der Waals surface area contributed by atoms with E-state index in [0.29, 0.717) is 0 Å². The highest BCUT2D eigenvalue weighted by atomic mass is 32.5. The van der Waals surface area contributed by atoms with E-state index in [4.69, 9.17) is 16.3 Å². The average molecular weight is 300 g/mol. The van der Waals surface area contributed by atoms with E-state index in [1.807, 2.05) is 30.3 Å². The van der Waals surface area contributed by atoms with Gasteiger partial charge in [-0.25, -0.2) is 0 Å². The van der Waals surface area contributed by atoms with E-state index in [2.05, 4.69) is 23.5 Å². The van der Waals surface area contributed by atoms with Crippen LogP contribution in [0, 0.1) is 0 Å². The van der Waals surface area contributed by atoms with Gasteiger partial charge in [-0.2, -0.15) is 4.76 Å². The molecule has 0 saturated heterocycles. The molecule has 6 heteroatoms. The molecule has 3 nitrogen and oxygen atoms in total. The largest absolute Gasteiger partial charge is 0.446 e. The van der Waals surface area contributed by atoms with Gasteiger partial charge >= 0.3 is 0 Å². The number of amidine groups is 1. The second-order valence-corrected chi connectivity index (χ2v) is 8.93. The van der Waals surface area contributed by atoms with Gasteiger partial charge in [0.05, 0.1) is 5.49 Å². The number of hydrogen-bond donors (Lipinski definition) is 0. The summed E-state index contributed by atoms with van der Waals surface area (Å²) in [5, 5.41) is 1.04. The first-order chi connectivity index (χ1) is 8.67. The monoisotopic (exact) mass is 300 g/mol. The molecule has 18 heavy (non-hydrogen) atoms. The van der Waals surface area contributed by atoms with Gasteiger partial charge in [0.25, 0.3) is 0 Å². The summed E-state index contributed by atoms with van der Waals surface area (Å²) in [7, 11) is 0. The quantitative estimate of drug-likeness (QED) is 0.790. The van der Waals surface area contributed by atoms with Gasteiger partial charge in [0, 0.05) is 13.1 Å². The molecule has 0 fully saturated rings. The molecule has 0 saturated carbocycles. The fourth-order valence-corrected chi connectivity index (χ4v) is 6.29. The molecule has 0 aromatic heterocycles. The van der Waals surface area contributed by atoms with Crippen LogP contribution in [-0.4, -0.2) is 28.7 Å². The number of rotatable bonds is 4. The highest BCUT2D eigenvalue weighted by molar-refractivity contribution is 8.27. The second-order valence-electron chi connectivity index (χ2n) is 3.87. The molecule has 0 N–H and O–H groups in total. The predicted octanol–water partition coefficient (Wildman–Crippen LogP) is 3.78. The first-order valence-electron chi connectivity index (χ1n) is 5.98. The lowest BCUT2D eigenvalue weighted by Gasteiger charge is -2.19. The maximum atomic E-state index is 5.92. The van der Waals surface area contributed by atoms with Gasteiger partial charge in [0.15, 0.2) is 5.17 Å². The molecule has 2 rings (SSSR count). The Hall–Kier alpha value is -0.510. The fourth-order valence-electron chi connectivity index (χ4n) is 1.67. The summed E-state index contributed by atoms with van der Waals surface area (Å²) in [5.41, 5.74) is 0.795. The molecule has 1 aliphatic rings. The van der Waals surface area contributed by atoms with Gasteiger partial charge < -0.3 is 9.42 Å².